The van der Waals surface area contributed by atoms with E-state index in [1.165, 1.54) is 24.0 Å². The highest BCUT2D eigenvalue weighted by atomic mass is 31.2. The summed E-state index contributed by atoms with van der Waals surface area (Å²) in [7, 11) is -1.64. The van der Waals surface area contributed by atoms with Gasteiger partial charge in [-0.05, 0) is 40.5 Å². The lowest BCUT2D eigenvalue weighted by atomic mass is 10.0. The van der Waals surface area contributed by atoms with Crippen LogP contribution in [0.2, 0.25) is 0 Å². The van der Waals surface area contributed by atoms with Gasteiger partial charge in [0.05, 0.1) is 24.4 Å². The van der Waals surface area contributed by atoms with Crippen LogP contribution in [0.15, 0.2) is 40.7 Å². The normalized spacial score (nSPS) is 14.5. The maximum Gasteiger partial charge on any atom is 0.471 e. The summed E-state index contributed by atoms with van der Waals surface area (Å²) in [4.78, 5) is 76.7. The van der Waals surface area contributed by atoms with Crippen molar-refractivity contribution in [3.05, 3.63) is 52.0 Å². The monoisotopic (exact) mass is 630 g/mol. The molecule has 0 atom stereocenters. The average molecular weight is 631 g/mol. The van der Waals surface area contributed by atoms with Crippen molar-refractivity contribution in [3.63, 3.8) is 0 Å². The fraction of sp³-hybridized carbons (Fsp3) is 0.462. The minimum atomic E-state index is -4.72. The van der Waals surface area contributed by atoms with E-state index >= 15 is 0 Å². The summed E-state index contributed by atoms with van der Waals surface area (Å²) in [5.74, 6) is 0.714. The molecule has 0 saturated carbocycles. The number of carbonyl (C=O) groups excluding carboxylic acids is 1. The lowest BCUT2D eigenvalue weighted by Crippen LogP contribution is -2.39. The van der Waals surface area contributed by atoms with Crippen LogP contribution in [-0.4, -0.2) is 73.6 Å². The lowest BCUT2D eigenvalue weighted by Gasteiger charge is -2.31. The van der Waals surface area contributed by atoms with Gasteiger partial charge in [0.15, 0.2) is 17.0 Å². The molecule has 2 N–H and O–H groups in total. The molecule has 1 aliphatic rings. The number of hydrogen-bond acceptors (Lipinski definition) is 11. The van der Waals surface area contributed by atoms with Crippen LogP contribution in [0.4, 0.5) is 11.8 Å². The van der Waals surface area contributed by atoms with Crippen LogP contribution in [0.3, 0.4) is 0 Å². The van der Waals surface area contributed by atoms with E-state index in [1.807, 2.05) is 13.8 Å². The number of fused-ring (bicyclic) bond motifs is 1. The predicted octanol–water partition coefficient (Wildman–Crippen LogP) is 1.36. The van der Waals surface area contributed by atoms with Gasteiger partial charge < -0.3 is 19.3 Å². The van der Waals surface area contributed by atoms with Crippen molar-refractivity contribution in [3.8, 4) is 11.3 Å². The quantitative estimate of drug-likeness (QED) is 0.161. The third-order valence-corrected chi connectivity index (χ3v) is 7.67. The molecule has 0 bridgehead atoms. The van der Waals surface area contributed by atoms with Crippen molar-refractivity contribution in [2.75, 3.05) is 23.1 Å². The zero-order chi connectivity index (χ0) is 32.4. The highest BCUT2D eigenvalue weighted by Crippen LogP contribution is 2.36. The Morgan fingerprint density at radius 2 is 1.77 bits per heavy atom. The van der Waals surface area contributed by atoms with Crippen molar-refractivity contribution in [2.24, 2.45) is 14.1 Å². The van der Waals surface area contributed by atoms with E-state index in [9.17, 15) is 18.9 Å². The Labute approximate surface area is 252 Å². The zero-order valence-corrected chi connectivity index (χ0v) is 26.1. The highest BCUT2D eigenvalue weighted by Gasteiger charge is 2.33. The molecule has 1 aliphatic heterocycles. The first-order chi connectivity index (χ1) is 20.6. The Balaban J connectivity index is 0.000000233. The van der Waals surface area contributed by atoms with Crippen LogP contribution in [0.1, 0.15) is 46.6 Å². The van der Waals surface area contributed by atoms with Crippen LogP contribution in [0, 0.1) is 0 Å². The molecule has 1 saturated heterocycles. The molecule has 0 unspecified atom stereocenters. The van der Waals surface area contributed by atoms with Gasteiger partial charge in [-0.2, -0.15) is 0 Å². The molecule has 4 aromatic heterocycles. The fourth-order valence-corrected chi connectivity index (χ4v) is 5.02. The number of hydrogen-bond donors (Lipinski definition) is 2. The van der Waals surface area contributed by atoms with Gasteiger partial charge in [0.2, 0.25) is 12.4 Å². The second-order valence-electron chi connectivity index (χ2n) is 11.0. The number of imidazole rings is 1. The summed E-state index contributed by atoms with van der Waals surface area (Å²) in [6.45, 7) is 8.47. The molecule has 0 radical (unpaired) electrons. The van der Waals surface area contributed by atoms with E-state index in [4.69, 9.17) is 9.79 Å². The molecule has 4 aromatic rings. The van der Waals surface area contributed by atoms with Gasteiger partial charge in [0, 0.05) is 50.2 Å². The number of rotatable bonds is 8. The van der Waals surface area contributed by atoms with Gasteiger partial charge in [-0.3, -0.25) is 33.1 Å². The van der Waals surface area contributed by atoms with Crippen LogP contribution in [-0.2, 0) is 28.0 Å². The first kappa shape index (κ1) is 32.6. The maximum absolute atomic E-state index is 12.0. The summed E-state index contributed by atoms with van der Waals surface area (Å²) in [6.07, 6.45) is 10.1. The number of nitrogens with zero attached hydrogens (tertiary/aromatic N) is 10. The fourth-order valence-electron chi connectivity index (χ4n) is 4.75. The van der Waals surface area contributed by atoms with Gasteiger partial charge in [0.25, 0.3) is 5.56 Å². The molecule has 5 heterocycles. The number of phosphoric ester groups is 1. The van der Waals surface area contributed by atoms with Crippen molar-refractivity contribution >= 4 is 37.2 Å². The van der Waals surface area contributed by atoms with Gasteiger partial charge in [-0.15, -0.1) is 0 Å². The molecule has 44 heavy (non-hydrogen) atoms. The van der Waals surface area contributed by atoms with Gasteiger partial charge >= 0.3 is 13.5 Å². The van der Waals surface area contributed by atoms with Gasteiger partial charge in [-0.1, -0.05) is 0 Å². The molecular weight excluding hydrogens is 595 g/mol. The second kappa shape index (κ2) is 12.7. The Hall–Kier alpha value is -4.31. The standard InChI is InChI=1S/C16H21N6O5P.C10H14N4O2/c1-16(2)4-3-5-22(16)15-18-6-12(7-19-15)13-8-17-9-14(20-13)21(10-23)11-27-28(24,25)26;1-6(2)14-5-11-8-7(14)9(15)13(4)10(16)12(8)3/h6-10H,3-5,11H2,1-2H3,(H2,24,25,26);5-6H,1-4H3. The van der Waals surface area contributed by atoms with E-state index in [-0.39, 0.29) is 28.6 Å². The van der Waals surface area contributed by atoms with Crippen molar-refractivity contribution < 1.29 is 23.7 Å². The van der Waals surface area contributed by atoms with Gasteiger partial charge in [0.1, 0.15) is 6.73 Å². The Kier molecular flexibility index (Phi) is 9.44. The lowest BCUT2D eigenvalue weighted by molar-refractivity contribution is -0.108. The van der Waals surface area contributed by atoms with E-state index in [1.54, 1.807) is 30.3 Å². The summed E-state index contributed by atoms with van der Waals surface area (Å²) >= 11 is 0. The average Bonchev–Trinajstić information content (AvgIpc) is 3.59. The minimum Gasteiger partial charge on any atom is -0.336 e. The SMILES string of the molecule is CC(C)n1cnc2c1c(=O)n(C)c(=O)n2C.CC1(C)CCCN1c1ncc(-c2cncc(N(C=O)COP(=O)(O)O)n2)cn1. The molecule has 18 heteroatoms. The Morgan fingerprint density at radius 3 is 2.34 bits per heavy atom. The summed E-state index contributed by atoms with van der Waals surface area (Å²) in [5, 5.41) is 0. The van der Waals surface area contributed by atoms with Crippen molar-refractivity contribution in [1.82, 2.24) is 38.6 Å². The van der Waals surface area contributed by atoms with E-state index < -0.39 is 14.6 Å². The van der Waals surface area contributed by atoms with Crippen LogP contribution in [0.5, 0.6) is 0 Å². The number of carbonyl (C=O) groups is 1. The van der Waals surface area contributed by atoms with Crippen molar-refractivity contribution in [1.29, 1.82) is 0 Å². The molecular formula is C26H35N10O7P. The molecule has 1 fully saturated rings. The molecule has 17 nitrogen and oxygen atoms in total. The topological polar surface area (TPSA) is 204 Å². The highest BCUT2D eigenvalue weighted by molar-refractivity contribution is 7.46. The minimum absolute atomic E-state index is 0.00451. The van der Waals surface area contributed by atoms with Crippen LogP contribution >= 0.6 is 7.82 Å². The van der Waals surface area contributed by atoms with Crippen molar-refractivity contribution in [2.45, 2.75) is 52.1 Å². The van der Waals surface area contributed by atoms with Gasteiger partial charge in [-0.25, -0.2) is 29.3 Å². The third kappa shape index (κ3) is 6.91. The summed E-state index contributed by atoms with van der Waals surface area (Å²) < 4.78 is 19.4. The number of anilines is 2. The first-order valence-corrected chi connectivity index (χ1v) is 15.1. The van der Waals surface area contributed by atoms with E-state index in [0.29, 0.717) is 34.8 Å². The number of phosphoric acid groups is 1. The largest absolute Gasteiger partial charge is 0.471 e. The Bertz CT molecular complexity index is 1810. The van der Waals surface area contributed by atoms with Crippen LogP contribution in [0.25, 0.3) is 22.4 Å². The zero-order valence-electron chi connectivity index (χ0n) is 25.2. The molecule has 0 aliphatic carbocycles. The number of amides is 1. The third-order valence-electron chi connectivity index (χ3n) is 7.21. The molecule has 0 spiro atoms. The Morgan fingerprint density at radius 1 is 1.09 bits per heavy atom. The summed E-state index contributed by atoms with van der Waals surface area (Å²) in [5.41, 5.74) is 1.26. The summed E-state index contributed by atoms with van der Waals surface area (Å²) in [6, 6.07) is 0.134. The molecule has 0 aromatic carbocycles. The van der Waals surface area contributed by atoms with Crippen LogP contribution < -0.4 is 21.0 Å². The second-order valence-corrected chi connectivity index (χ2v) is 12.3. The van der Waals surface area contributed by atoms with E-state index in [2.05, 4.69) is 48.2 Å². The van der Waals surface area contributed by atoms with E-state index in [0.717, 1.165) is 28.9 Å². The molecule has 236 valence electrons. The smallest absolute Gasteiger partial charge is 0.336 e. The number of aryl methyl sites for hydroxylation is 1. The predicted molar refractivity (Wildman–Crippen MR) is 161 cm³/mol. The maximum atomic E-state index is 12.0. The molecule has 5 rings (SSSR count). The number of aromatic nitrogens is 8. The molecule has 1 amide bonds. The first-order valence-electron chi connectivity index (χ1n) is 13.6.